The molecule has 1 aromatic carbocycles. The Morgan fingerprint density at radius 3 is 2.28 bits per heavy atom. The Balaban J connectivity index is 0.000000184. The molecule has 0 aliphatic heterocycles. The molecular weight excluding hydrogens is 216 g/mol. The zero-order valence-corrected chi connectivity index (χ0v) is 11.7. The summed E-state index contributed by atoms with van der Waals surface area (Å²) in [5, 5.41) is 0. The molecule has 0 nitrogen and oxygen atoms in total. The zero-order valence-electron chi connectivity index (χ0n) is 11.7. The summed E-state index contributed by atoms with van der Waals surface area (Å²) in [6, 6.07) is 10.0. The van der Waals surface area contributed by atoms with Gasteiger partial charge in [-0.05, 0) is 31.2 Å². The van der Waals surface area contributed by atoms with E-state index < -0.39 is 0 Å². The number of rotatable bonds is 6. The quantitative estimate of drug-likeness (QED) is 0.423. The van der Waals surface area contributed by atoms with Gasteiger partial charge in [0.1, 0.15) is 0 Å². The summed E-state index contributed by atoms with van der Waals surface area (Å²) in [7, 11) is 0. The van der Waals surface area contributed by atoms with Crippen LogP contribution in [0.2, 0.25) is 0 Å². The molecule has 2 rings (SSSR count). The van der Waals surface area contributed by atoms with Crippen molar-refractivity contribution in [3.8, 4) is 0 Å². The lowest BCUT2D eigenvalue weighted by atomic mass is 10.1. The Kier molecular flexibility index (Phi) is 7.96. The van der Waals surface area contributed by atoms with Crippen LogP contribution in [0.1, 0.15) is 57.4 Å². The molecule has 0 spiro atoms. The Labute approximate surface area is 112 Å². The van der Waals surface area contributed by atoms with Crippen LogP contribution in [0.5, 0.6) is 0 Å². The minimum atomic E-state index is 1.17. The highest BCUT2D eigenvalue weighted by atomic mass is 14.1. The second kappa shape index (κ2) is 9.70. The first-order chi connectivity index (χ1) is 8.86. The lowest BCUT2D eigenvalue weighted by Gasteiger charge is -1.92. The first kappa shape index (κ1) is 14.8. The van der Waals surface area contributed by atoms with E-state index in [0.29, 0.717) is 0 Å². The van der Waals surface area contributed by atoms with Crippen LogP contribution in [-0.4, -0.2) is 0 Å². The van der Waals surface area contributed by atoms with Crippen molar-refractivity contribution in [3.05, 3.63) is 54.1 Å². The van der Waals surface area contributed by atoms with E-state index in [1.165, 1.54) is 50.5 Å². The van der Waals surface area contributed by atoms with E-state index in [2.05, 4.69) is 19.6 Å². The smallest absolute Gasteiger partial charge is 0.0263 e. The van der Waals surface area contributed by atoms with Gasteiger partial charge in [0.25, 0.3) is 0 Å². The molecule has 1 saturated carbocycles. The zero-order chi connectivity index (χ0) is 13.1. The van der Waals surface area contributed by atoms with Crippen molar-refractivity contribution >= 4 is 6.08 Å². The second-order valence-corrected chi connectivity index (χ2v) is 4.83. The van der Waals surface area contributed by atoms with Crippen molar-refractivity contribution in [3.63, 3.8) is 0 Å². The number of benzene rings is 1. The van der Waals surface area contributed by atoms with Crippen molar-refractivity contribution in [2.45, 2.75) is 51.9 Å². The third-order valence-electron chi connectivity index (χ3n) is 3.06. The van der Waals surface area contributed by atoms with E-state index in [1.54, 1.807) is 5.57 Å². The Morgan fingerprint density at radius 1 is 1.06 bits per heavy atom. The van der Waals surface area contributed by atoms with Gasteiger partial charge >= 0.3 is 0 Å². The summed E-state index contributed by atoms with van der Waals surface area (Å²) in [5.74, 6) is 0. The van der Waals surface area contributed by atoms with E-state index in [1.807, 2.05) is 36.4 Å². The van der Waals surface area contributed by atoms with Gasteiger partial charge < -0.3 is 0 Å². The van der Waals surface area contributed by atoms with Gasteiger partial charge in [-0.2, -0.15) is 0 Å². The average molecular weight is 242 g/mol. The topological polar surface area (TPSA) is 0 Å². The van der Waals surface area contributed by atoms with Crippen LogP contribution >= 0.6 is 0 Å². The highest BCUT2D eigenvalue weighted by molar-refractivity contribution is 5.45. The summed E-state index contributed by atoms with van der Waals surface area (Å²) < 4.78 is 0. The van der Waals surface area contributed by atoms with Gasteiger partial charge in [-0.3, -0.25) is 0 Å². The lowest BCUT2D eigenvalue weighted by Crippen LogP contribution is -1.72. The average Bonchev–Trinajstić information content (AvgIpc) is 3.24. The van der Waals surface area contributed by atoms with Crippen LogP contribution in [0.15, 0.2) is 48.6 Å². The van der Waals surface area contributed by atoms with E-state index in [-0.39, 0.29) is 0 Å². The van der Waals surface area contributed by atoms with Crippen LogP contribution in [0.25, 0.3) is 6.08 Å². The fourth-order valence-electron chi connectivity index (χ4n) is 1.74. The standard InChI is InChI=1S/C10H18.C8H8/c1-2-3-4-5-6-7-10-8-9-10;1-2-8-6-4-3-5-7-8/h7H,2-6,8-9H2,1H3;2-7H,1H2. The molecule has 98 valence electrons. The first-order valence-corrected chi connectivity index (χ1v) is 7.22. The van der Waals surface area contributed by atoms with E-state index >= 15 is 0 Å². The van der Waals surface area contributed by atoms with Crippen LogP contribution in [0.3, 0.4) is 0 Å². The summed E-state index contributed by atoms with van der Waals surface area (Å²) in [5.41, 5.74) is 2.88. The molecule has 0 unspecified atom stereocenters. The molecule has 18 heavy (non-hydrogen) atoms. The van der Waals surface area contributed by atoms with Crippen LogP contribution in [-0.2, 0) is 0 Å². The summed E-state index contributed by atoms with van der Waals surface area (Å²) in [4.78, 5) is 0. The van der Waals surface area contributed by atoms with Crippen molar-refractivity contribution in [2.24, 2.45) is 0 Å². The fraction of sp³-hybridized carbons (Fsp3) is 0.444. The SMILES string of the molecule is C=Cc1ccccc1.CCCCCCC=C1CC1. The number of hydrogen-bond acceptors (Lipinski definition) is 0. The molecule has 1 aliphatic carbocycles. The lowest BCUT2D eigenvalue weighted by molar-refractivity contribution is 0.674. The van der Waals surface area contributed by atoms with Crippen LogP contribution in [0, 0.1) is 0 Å². The number of unbranched alkanes of at least 4 members (excludes halogenated alkanes) is 4. The van der Waals surface area contributed by atoms with Gasteiger partial charge in [-0.15, -0.1) is 0 Å². The number of allylic oxidation sites excluding steroid dienone is 2. The normalized spacial score (nSPS) is 12.4. The highest BCUT2D eigenvalue weighted by Gasteiger charge is 2.08. The molecule has 0 heteroatoms. The van der Waals surface area contributed by atoms with Gasteiger partial charge in [-0.25, -0.2) is 0 Å². The second-order valence-electron chi connectivity index (χ2n) is 4.83. The minimum Gasteiger partial charge on any atom is -0.0985 e. The van der Waals surface area contributed by atoms with Gasteiger partial charge in [0, 0.05) is 0 Å². The first-order valence-electron chi connectivity index (χ1n) is 7.22. The van der Waals surface area contributed by atoms with E-state index in [4.69, 9.17) is 0 Å². The molecule has 0 aromatic heterocycles. The molecule has 1 aliphatic rings. The molecule has 0 heterocycles. The van der Waals surface area contributed by atoms with Crippen molar-refractivity contribution in [1.82, 2.24) is 0 Å². The molecule has 1 fully saturated rings. The van der Waals surface area contributed by atoms with Gasteiger partial charge in [-0.1, -0.05) is 80.8 Å². The van der Waals surface area contributed by atoms with Crippen LogP contribution < -0.4 is 0 Å². The summed E-state index contributed by atoms with van der Waals surface area (Å²) in [6.45, 7) is 5.89. The fourth-order valence-corrected chi connectivity index (χ4v) is 1.74. The molecule has 0 radical (unpaired) electrons. The molecule has 1 aromatic rings. The monoisotopic (exact) mass is 242 g/mol. The van der Waals surface area contributed by atoms with Crippen molar-refractivity contribution in [2.75, 3.05) is 0 Å². The molecule has 0 amide bonds. The molecule has 0 atom stereocenters. The van der Waals surface area contributed by atoms with Crippen molar-refractivity contribution in [1.29, 1.82) is 0 Å². The maximum atomic E-state index is 3.63. The Morgan fingerprint density at radius 2 is 1.78 bits per heavy atom. The molecular formula is C18H26. The van der Waals surface area contributed by atoms with E-state index in [9.17, 15) is 0 Å². The third kappa shape index (κ3) is 7.89. The molecule has 0 N–H and O–H groups in total. The van der Waals surface area contributed by atoms with Gasteiger partial charge in [0.05, 0.1) is 0 Å². The van der Waals surface area contributed by atoms with Crippen LogP contribution in [0.4, 0.5) is 0 Å². The maximum Gasteiger partial charge on any atom is -0.0263 e. The number of hydrogen-bond donors (Lipinski definition) is 0. The van der Waals surface area contributed by atoms with Crippen molar-refractivity contribution < 1.29 is 0 Å². The highest BCUT2D eigenvalue weighted by Crippen LogP contribution is 2.28. The molecule has 0 saturated heterocycles. The van der Waals surface area contributed by atoms with E-state index in [0.717, 1.165) is 0 Å². The predicted octanol–water partition coefficient (Wildman–Crippen LogP) is 6.01. The largest absolute Gasteiger partial charge is 0.0985 e. The summed E-state index contributed by atoms with van der Waals surface area (Å²) >= 11 is 0. The van der Waals surface area contributed by atoms with Gasteiger partial charge in [0.15, 0.2) is 0 Å². The molecule has 0 bridgehead atoms. The minimum absolute atomic E-state index is 1.17. The maximum absolute atomic E-state index is 3.63. The summed E-state index contributed by atoms with van der Waals surface area (Å²) in [6.07, 6.45) is 14.0. The Hall–Kier alpha value is -1.30. The Bertz CT molecular complexity index is 340. The predicted molar refractivity (Wildman–Crippen MR) is 82.6 cm³/mol. The van der Waals surface area contributed by atoms with Gasteiger partial charge in [0.2, 0.25) is 0 Å². The third-order valence-corrected chi connectivity index (χ3v) is 3.06.